The summed E-state index contributed by atoms with van der Waals surface area (Å²) in [5.74, 6) is -0.00819. The van der Waals surface area contributed by atoms with Crippen LogP contribution in [0.3, 0.4) is 0 Å². The molecular weight excluding hydrogens is 226 g/mol. The van der Waals surface area contributed by atoms with Gasteiger partial charge in [0, 0.05) is 5.69 Å². The molecule has 0 unspecified atom stereocenters. The van der Waals surface area contributed by atoms with Crippen LogP contribution in [-0.2, 0) is 11.2 Å². The molecule has 1 aliphatic rings. The smallest absolute Gasteiger partial charge is 0.228 e. The van der Waals surface area contributed by atoms with Crippen LogP contribution in [0.15, 0.2) is 36.4 Å². The summed E-state index contributed by atoms with van der Waals surface area (Å²) < 4.78 is 0. The predicted octanol–water partition coefficient (Wildman–Crippen LogP) is 2.01. The van der Waals surface area contributed by atoms with E-state index in [1.807, 2.05) is 36.4 Å². The van der Waals surface area contributed by atoms with Crippen LogP contribution in [0.1, 0.15) is 5.56 Å². The highest BCUT2D eigenvalue weighted by Crippen LogP contribution is 2.34. The number of nitrogen functional groups attached to an aromatic ring is 2. The summed E-state index contributed by atoms with van der Waals surface area (Å²) in [6.07, 6.45) is 0.391. The number of carbonyl (C=O) groups excluding carboxylic acids is 1. The average molecular weight is 239 g/mol. The normalized spacial score (nSPS) is 13.2. The largest absolute Gasteiger partial charge is 0.399 e. The lowest BCUT2D eigenvalue weighted by Gasteiger charge is -2.08. The van der Waals surface area contributed by atoms with Crippen LogP contribution < -0.4 is 16.8 Å². The van der Waals surface area contributed by atoms with Gasteiger partial charge in [0.25, 0.3) is 0 Å². The lowest BCUT2D eigenvalue weighted by molar-refractivity contribution is -0.115. The molecule has 90 valence electrons. The fourth-order valence-corrected chi connectivity index (χ4v) is 2.22. The molecule has 2 aromatic rings. The Labute approximate surface area is 105 Å². The number of hydrogen-bond acceptors (Lipinski definition) is 3. The highest BCUT2D eigenvalue weighted by atomic mass is 16.1. The zero-order valence-corrected chi connectivity index (χ0v) is 9.73. The first-order valence-corrected chi connectivity index (χ1v) is 5.71. The molecule has 4 heteroatoms. The maximum absolute atomic E-state index is 11.4. The van der Waals surface area contributed by atoms with Gasteiger partial charge in [-0.25, -0.2) is 0 Å². The van der Waals surface area contributed by atoms with Gasteiger partial charge in [-0.3, -0.25) is 4.79 Å². The van der Waals surface area contributed by atoms with Crippen molar-refractivity contribution in [3.63, 3.8) is 0 Å². The van der Waals surface area contributed by atoms with Crippen LogP contribution in [-0.4, -0.2) is 5.91 Å². The molecule has 0 spiro atoms. The lowest BCUT2D eigenvalue weighted by Crippen LogP contribution is -2.04. The standard InChI is InChI=1S/C14H13N3O/c15-11-3-1-8(2-4-11)9-5-10-7-13(18)17-14(10)12(16)6-9/h1-6H,7,15-16H2,(H,17,18). The molecule has 0 fully saturated rings. The molecule has 0 aliphatic carbocycles. The Morgan fingerprint density at radius 1 is 1.00 bits per heavy atom. The van der Waals surface area contributed by atoms with Gasteiger partial charge in [0.1, 0.15) is 0 Å². The Hall–Kier alpha value is -2.49. The molecular formula is C14H13N3O. The van der Waals surface area contributed by atoms with Crippen molar-refractivity contribution < 1.29 is 4.79 Å². The number of amides is 1. The van der Waals surface area contributed by atoms with E-state index in [-0.39, 0.29) is 5.91 Å². The van der Waals surface area contributed by atoms with Gasteiger partial charge >= 0.3 is 0 Å². The van der Waals surface area contributed by atoms with Gasteiger partial charge in [0.2, 0.25) is 5.91 Å². The molecule has 1 heterocycles. The monoisotopic (exact) mass is 239 g/mol. The number of hydrogen-bond donors (Lipinski definition) is 3. The minimum Gasteiger partial charge on any atom is -0.399 e. The quantitative estimate of drug-likeness (QED) is 0.666. The second-order valence-electron chi connectivity index (χ2n) is 4.45. The third kappa shape index (κ3) is 1.68. The fraction of sp³-hybridized carbons (Fsp3) is 0.0714. The Morgan fingerprint density at radius 2 is 1.72 bits per heavy atom. The lowest BCUT2D eigenvalue weighted by atomic mass is 10.0. The molecule has 18 heavy (non-hydrogen) atoms. The van der Waals surface area contributed by atoms with Crippen LogP contribution >= 0.6 is 0 Å². The van der Waals surface area contributed by atoms with E-state index in [1.165, 1.54) is 0 Å². The van der Waals surface area contributed by atoms with Crippen molar-refractivity contribution in [1.29, 1.82) is 0 Å². The second-order valence-corrected chi connectivity index (χ2v) is 4.45. The molecule has 4 nitrogen and oxygen atoms in total. The van der Waals surface area contributed by atoms with Gasteiger partial charge < -0.3 is 16.8 Å². The zero-order valence-electron chi connectivity index (χ0n) is 9.73. The molecule has 0 atom stereocenters. The summed E-state index contributed by atoms with van der Waals surface area (Å²) in [5, 5.41) is 2.77. The number of rotatable bonds is 1. The van der Waals surface area contributed by atoms with Crippen molar-refractivity contribution in [1.82, 2.24) is 0 Å². The van der Waals surface area contributed by atoms with Crippen LogP contribution in [0, 0.1) is 0 Å². The van der Waals surface area contributed by atoms with Crippen LogP contribution in [0.25, 0.3) is 11.1 Å². The highest BCUT2D eigenvalue weighted by Gasteiger charge is 2.20. The molecule has 0 saturated heterocycles. The molecule has 3 rings (SSSR count). The number of benzene rings is 2. The molecule has 0 saturated carbocycles. The number of fused-ring (bicyclic) bond motifs is 1. The van der Waals surface area contributed by atoms with E-state index in [2.05, 4.69) is 5.32 Å². The number of nitrogens with two attached hydrogens (primary N) is 2. The third-order valence-corrected chi connectivity index (χ3v) is 3.11. The maximum atomic E-state index is 11.4. The molecule has 2 aromatic carbocycles. The first-order chi connectivity index (χ1) is 8.63. The van der Waals surface area contributed by atoms with E-state index in [4.69, 9.17) is 11.5 Å². The van der Waals surface area contributed by atoms with Crippen molar-refractivity contribution in [3.8, 4) is 11.1 Å². The van der Waals surface area contributed by atoms with Gasteiger partial charge in [-0.1, -0.05) is 12.1 Å². The van der Waals surface area contributed by atoms with Gasteiger partial charge in [-0.15, -0.1) is 0 Å². The van der Waals surface area contributed by atoms with Gasteiger partial charge in [0.05, 0.1) is 17.8 Å². The zero-order chi connectivity index (χ0) is 12.7. The van der Waals surface area contributed by atoms with Gasteiger partial charge in [-0.05, 0) is 41.0 Å². The van der Waals surface area contributed by atoms with Crippen LogP contribution in [0.4, 0.5) is 17.1 Å². The molecule has 1 amide bonds. The van der Waals surface area contributed by atoms with E-state index < -0.39 is 0 Å². The Balaban J connectivity index is 2.10. The Bertz CT molecular complexity index is 632. The van der Waals surface area contributed by atoms with E-state index in [0.29, 0.717) is 12.1 Å². The molecule has 1 aliphatic heterocycles. The van der Waals surface area contributed by atoms with Crippen molar-refractivity contribution in [3.05, 3.63) is 42.0 Å². The first kappa shape index (κ1) is 10.7. The minimum absolute atomic E-state index is 0.00819. The Kier molecular flexibility index (Phi) is 2.23. The second kappa shape index (κ2) is 3.77. The molecule has 5 N–H and O–H groups in total. The van der Waals surface area contributed by atoms with E-state index in [1.54, 1.807) is 0 Å². The predicted molar refractivity (Wildman–Crippen MR) is 73.0 cm³/mol. The minimum atomic E-state index is -0.00819. The highest BCUT2D eigenvalue weighted by molar-refractivity contribution is 6.03. The van der Waals surface area contributed by atoms with E-state index >= 15 is 0 Å². The summed E-state index contributed by atoms with van der Waals surface area (Å²) in [6.45, 7) is 0. The molecule has 0 radical (unpaired) electrons. The fourth-order valence-electron chi connectivity index (χ4n) is 2.22. The van der Waals surface area contributed by atoms with Gasteiger partial charge in [0.15, 0.2) is 0 Å². The van der Waals surface area contributed by atoms with Crippen molar-refractivity contribution >= 4 is 23.0 Å². The number of anilines is 3. The first-order valence-electron chi connectivity index (χ1n) is 5.71. The van der Waals surface area contributed by atoms with Gasteiger partial charge in [-0.2, -0.15) is 0 Å². The maximum Gasteiger partial charge on any atom is 0.228 e. The topological polar surface area (TPSA) is 81.1 Å². The van der Waals surface area contributed by atoms with Crippen molar-refractivity contribution in [2.24, 2.45) is 0 Å². The van der Waals surface area contributed by atoms with Crippen LogP contribution in [0.5, 0.6) is 0 Å². The van der Waals surface area contributed by atoms with Crippen molar-refractivity contribution in [2.75, 3.05) is 16.8 Å². The average Bonchev–Trinajstić information content (AvgIpc) is 2.71. The summed E-state index contributed by atoms with van der Waals surface area (Å²) >= 11 is 0. The summed E-state index contributed by atoms with van der Waals surface area (Å²) in [7, 11) is 0. The SMILES string of the molecule is Nc1ccc(-c2cc(N)c3c(c2)CC(=O)N3)cc1. The summed E-state index contributed by atoms with van der Waals surface area (Å²) in [4.78, 5) is 11.4. The Morgan fingerprint density at radius 3 is 2.44 bits per heavy atom. The number of nitrogens with one attached hydrogen (secondary N) is 1. The van der Waals surface area contributed by atoms with E-state index in [9.17, 15) is 4.79 Å². The van der Waals surface area contributed by atoms with Crippen LogP contribution in [0.2, 0.25) is 0 Å². The molecule has 0 aromatic heterocycles. The summed E-state index contributed by atoms with van der Waals surface area (Å²) in [5.41, 5.74) is 16.7. The molecule has 0 bridgehead atoms. The third-order valence-electron chi connectivity index (χ3n) is 3.11. The number of carbonyl (C=O) groups is 1. The van der Waals surface area contributed by atoms with Crippen molar-refractivity contribution in [2.45, 2.75) is 6.42 Å². The summed E-state index contributed by atoms with van der Waals surface area (Å²) in [6, 6.07) is 11.5. The van der Waals surface area contributed by atoms with E-state index in [0.717, 1.165) is 28.1 Å².